The fraction of sp³-hybridized carbons (Fsp3) is 0.125. The van der Waals surface area contributed by atoms with Gasteiger partial charge in [-0.2, -0.15) is 8.78 Å². The highest BCUT2D eigenvalue weighted by Crippen LogP contribution is 2.23. The Kier molecular flexibility index (Phi) is 3.48. The molecule has 0 amide bonds. The monoisotopic (exact) mass is 286 g/mol. The fourth-order valence-corrected chi connectivity index (χ4v) is 2.31. The predicted molar refractivity (Wildman–Crippen MR) is 75.5 cm³/mol. The number of aromatic nitrogens is 2. The normalized spacial score (nSPS) is 11.2. The molecule has 1 heterocycles. The van der Waals surface area contributed by atoms with Gasteiger partial charge in [0.2, 0.25) is 0 Å². The van der Waals surface area contributed by atoms with Crippen LogP contribution >= 0.6 is 0 Å². The van der Waals surface area contributed by atoms with Crippen LogP contribution in [0.1, 0.15) is 22.7 Å². The molecule has 0 spiro atoms. The lowest BCUT2D eigenvalue weighted by atomic mass is 10.1. The summed E-state index contributed by atoms with van der Waals surface area (Å²) in [5.74, 6) is -0.146. The van der Waals surface area contributed by atoms with E-state index in [1.807, 2.05) is 0 Å². The Morgan fingerprint density at radius 3 is 2.43 bits per heavy atom. The molecule has 0 radical (unpaired) electrons. The quantitative estimate of drug-likeness (QED) is 0.683. The van der Waals surface area contributed by atoms with Crippen LogP contribution in [0.4, 0.5) is 8.78 Å². The minimum atomic E-state index is -2.73. The van der Waals surface area contributed by atoms with E-state index in [4.69, 9.17) is 0 Å². The summed E-state index contributed by atoms with van der Waals surface area (Å²) in [4.78, 5) is 16.3. The lowest BCUT2D eigenvalue weighted by molar-refractivity contribution is 0.0708. The van der Waals surface area contributed by atoms with Gasteiger partial charge in [-0.3, -0.25) is 9.36 Å². The van der Waals surface area contributed by atoms with Crippen molar-refractivity contribution in [2.24, 2.45) is 0 Å². The van der Waals surface area contributed by atoms with Gasteiger partial charge in [-0.1, -0.05) is 42.5 Å². The Labute approximate surface area is 119 Å². The standard InChI is InChI=1S/C16H12F2N2O/c17-16(18)20-13-9-5-4-8-12(13)19-15(20)10-14(21)11-6-2-1-3-7-11/h1-9,16H,10H2. The minimum Gasteiger partial charge on any atom is -0.294 e. The first kappa shape index (κ1) is 13.4. The van der Waals surface area contributed by atoms with Gasteiger partial charge in [0.15, 0.2) is 5.78 Å². The Morgan fingerprint density at radius 1 is 1.05 bits per heavy atom. The van der Waals surface area contributed by atoms with E-state index in [2.05, 4.69) is 4.98 Å². The third-order valence-electron chi connectivity index (χ3n) is 3.28. The Balaban J connectivity index is 2.01. The number of hydrogen-bond acceptors (Lipinski definition) is 2. The maximum atomic E-state index is 13.3. The Morgan fingerprint density at radius 2 is 1.71 bits per heavy atom. The van der Waals surface area contributed by atoms with Gasteiger partial charge in [-0.25, -0.2) is 4.98 Å². The summed E-state index contributed by atoms with van der Waals surface area (Å²) in [6, 6.07) is 15.2. The van der Waals surface area contributed by atoms with E-state index in [-0.39, 0.29) is 18.0 Å². The maximum absolute atomic E-state index is 13.3. The molecule has 3 nitrogen and oxygen atoms in total. The van der Waals surface area contributed by atoms with Crippen LogP contribution in [0.5, 0.6) is 0 Å². The third kappa shape index (κ3) is 2.54. The van der Waals surface area contributed by atoms with E-state index in [0.717, 1.165) is 4.57 Å². The van der Waals surface area contributed by atoms with Crippen molar-refractivity contribution in [1.29, 1.82) is 0 Å². The Bertz CT molecular complexity index is 781. The molecular formula is C16H12F2N2O. The fourth-order valence-electron chi connectivity index (χ4n) is 2.31. The predicted octanol–water partition coefficient (Wildman–Crippen LogP) is 3.86. The molecule has 0 aliphatic carbocycles. The van der Waals surface area contributed by atoms with Crippen molar-refractivity contribution < 1.29 is 13.6 Å². The molecule has 1 aromatic heterocycles. The third-order valence-corrected chi connectivity index (χ3v) is 3.28. The highest BCUT2D eigenvalue weighted by molar-refractivity contribution is 5.97. The highest BCUT2D eigenvalue weighted by Gasteiger charge is 2.19. The number of rotatable bonds is 4. The average Bonchev–Trinajstić information content (AvgIpc) is 2.86. The molecule has 0 bridgehead atoms. The molecule has 0 saturated carbocycles. The van der Waals surface area contributed by atoms with Gasteiger partial charge < -0.3 is 0 Å². The lowest BCUT2D eigenvalue weighted by Crippen LogP contribution is -2.11. The summed E-state index contributed by atoms with van der Waals surface area (Å²) in [6.45, 7) is -2.73. The zero-order valence-electron chi connectivity index (χ0n) is 11.0. The minimum absolute atomic E-state index is 0.0834. The van der Waals surface area contributed by atoms with Crippen molar-refractivity contribution in [1.82, 2.24) is 9.55 Å². The zero-order chi connectivity index (χ0) is 14.8. The summed E-state index contributed by atoms with van der Waals surface area (Å²) < 4.78 is 27.3. The second kappa shape index (κ2) is 5.44. The van der Waals surface area contributed by atoms with E-state index >= 15 is 0 Å². The van der Waals surface area contributed by atoms with E-state index in [1.165, 1.54) is 0 Å². The smallest absolute Gasteiger partial charge is 0.294 e. The topological polar surface area (TPSA) is 34.9 Å². The number of para-hydroxylation sites is 2. The van der Waals surface area contributed by atoms with Crippen molar-refractivity contribution >= 4 is 16.8 Å². The molecular weight excluding hydrogens is 274 g/mol. The number of fused-ring (bicyclic) bond motifs is 1. The van der Waals surface area contributed by atoms with Crippen molar-refractivity contribution in [2.75, 3.05) is 0 Å². The molecule has 3 rings (SSSR count). The van der Waals surface area contributed by atoms with Gasteiger partial charge in [0.05, 0.1) is 17.5 Å². The molecule has 0 atom stereocenters. The SMILES string of the molecule is O=C(Cc1nc2ccccc2n1C(F)F)c1ccccc1. The number of nitrogens with zero attached hydrogens (tertiary/aromatic N) is 2. The van der Waals surface area contributed by atoms with Gasteiger partial charge >= 0.3 is 6.55 Å². The Hall–Kier alpha value is -2.56. The summed E-state index contributed by atoms with van der Waals surface area (Å²) in [5.41, 5.74) is 1.29. The molecule has 0 saturated heterocycles. The number of Topliss-reactive ketones (excluding diaryl/α,β-unsaturated/α-hetero) is 1. The van der Waals surface area contributed by atoms with Crippen LogP contribution in [0.15, 0.2) is 54.6 Å². The molecule has 5 heteroatoms. The van der Waals surface area contributed by atoms with Crippen LogP contribution in [0.2, 0.25) is 0 Å². The number of carbonyl (C=O) groups is 1. The molecule has 0 aliphatic heterocycles. The number of ketones is 1. The number of halogens is 2. The van der Waals surface area contributed by atoms with Crippen LogP contribution in [0.3, 0.4) is 0 Å². The molecule has 106 valence electrons. The number of benzene rings is 2. The van der Waals surface area contributed by atoms with E-state index in [1.54, 1.807) is 54.6 Å². The van der Waals surface area contributed by atoms with Gasteiger partial charge in [0, 0.05) is 5.56 Å². The van der Waals surface area contributed by atoms with Crippen molar-refractivity contribution in [3.05, 3.63) is 66.0 Å². The summed E-state index contributed by atoms with van der Waals surface area (Å²) in [6.07, 6.45) is -0.150. The maximum Gasteiger partial charge on any atom is 0.320 e. The molecule has 0 aliphatic rings. The summed E-state index contributed by atoms with van der Waals surface area (Å²) >= 11 is 0. The van der Waals surface area contributed by atoms with Gasteiger partial charge in [-0.05, 0) is 12.1 Å². The summed E-state index contributed by atoms with van der Waals surface area (Å²) in [5, 5.41) is 0. The second-order valence-electron chi connectivity index (χ2n) is 4.63. The highest BCUT2D eigenvalue weighted by atomic mass is 19.3. The number of alkyl halides is 2. The van der Waals surface area contributed by atoms with E-state index in [9.17, 15) is 13.6 Å². The molecule has 0 N–H and O–H groups in total. The molecule has 2 aromatic carbocycles. The van der Waals surface area contributed by atoms with Crippen LogP contribution in [-0.4, -0.2) is 15.3 Å². The number of hydrogen-bond donors (Lipinski definition) is 0. The first-order valence-corrected chi connectivity index (χ1v) is 6.49. The lowest BCUT2D eigenvalue weighted by Gasteiger charge is -2.07. The van der Waals surface area contributed by atoms with Crippen LogP contribution in [-0.2, 0) is 6.42 Å². The van der Waals surface area contributed by atoms with Gasteiger partial charge in [0.25, 0.3) is 0 Å². The van der Waals surface area contributed by atoms with Crippen molar-refractivity contribution in [3.8, 4) is 0 Å². The average molecular weight is 286 g/mol. The first-order valence-electron chi connectivity index (χ1n) is 6.49. The molecule has 0 fully saturated rings. The largest absolute Gasteiger partial charge is 0.320 e. The molecule has 3 aromatic rings. The zero-order valence-corrected chi connectivity index (χ0v) is 11.0. The van der Waals surface area contributed by atoms with Crippen LogP contribution in [0.25, 0.3) is 11.0 Å². The van der Waals surface area contributed by atoms with Crippen molar-refractivity contribution in [2.45, 2.75) is 13.0 Å². The van der Waals surface area contributed by atoms with Crippen LogP contribution in [0, 0.1) is 0 Å². The van der Waals surface area contributed by atoms with Crippen molar-refractivity contribution in [3.63, 3.8) is 0 Å². The first-order chi connectivity index (χ1) is 10.2. The number of carbonyl (C=O) groups excluding carboxylic acids is 1. The second-order valence-corrected chi connectivity index (χ2v) is 4.63. The van der Waals surface area contributed by atoms with E-state index < -0.39 is 6.55 Å². The summed E-state index contributed by atoms with van der Waals surface area (Å²) in [7, 11) is 0. The molecule has 0 unspecified atom stereocenters. The van der Waals surface area contributed by atoms with E-state index in [0.29, 0.717) is 16.6 Å². The molecule has 21 heavy (non-hydrogen) atoms. The van der Waals surface area contributed by atoms with Crippen LogP contribution < -0.4 is 0 Å². The van der Waals surface area contributed by atoms with Gasteiger partial charge in [0.1, 0.15) is 5.82 Å². The van der Waals surface area contributed by atoms with Gasteiger partial charge in [-0.15, -0.1) is 0 Å². The number of imidazole rings is 1.